The van der Waals surface area contributed by atoms with E-state index < -0.39 is 11.4 Å². The van der Waals surface area contributed by atoms with Gasteiger partial charge >= 0.3 is 0 Å². The predicted octanol–water partition coefficient (Wildman–Crippen LogP) is 2.63. The molecule has 0 bridgehead atoms. The zero-order valence-electron chi connectivity index (χ0n) is 8.96. The predicted molar refractivity (Wildman–Crippen MR) is 61.4 cm³/mol. The van der Waals surface area contributed by atoms with E-state index in [0.29, 0.717) is 12.8 Å². The molecule has 1 aliphatic carbocycles. The fourth-order valence-electron chi connectivity index (χ4n) is 1.83. The summed E-state index contributed by atoms with van der Waals surface area (Å²) < 4.78 is 19.1. The van der Waals surface area contributed by atoms with E-state index in [-0.39, 0.29) is 21.5 Å². The molecule has 0 saturated heterocycles. The highest BCUT2D eigenvalue weighted by Gasteiger charge is 2.49. The Morgan fingerprint density at radius 3 is 2.76 bits per heavy atom. The lowest BCUT2D eigenvalue weighted by Crippen LogP contribution is -2.08. The average molecular weight is 302 g/mol. The second-order valence-electron chi connectivity index (χ2n) is 3.83. The Kier molecular flexibility index (Phi) is 2.93. The molecule has 0 aliphatic heterocycles. The van der Waals surface area contributed by atoms with Crippen LogP contribution in [0.25, 0.3) is 0 Å². The van der Waals surface area contributed by atoms with Crippen LogP contribution in [0.4, 0.5) is 4.39 Å². The van der Waals surface area contributed by atoms with Gasteiger partial charge in [-0.25, -0.2) is 9.18 Å². The van der Waals surface area contributed by atoms with Crippen LogP contribution in [0.15, 0.2) is 15.5 Å². The topological polar surface area (TPSA) is 58.9 Å². The second-order valence-corrected chi connectivity index (χ2v) is 4.63. The highest BCUT2D eigenvalue weighted by atomic mass is 79.9. The molecule has 1 N–H and O–H groups in total. The fraction of sp³-hybridized carbons (Fsp3) is 0.364. The van der Waals surface area contributed by atoms with Crippen LogP contribution in [0.2, 0.25) is 0 Å². The first-order chi connectivity index (χ1) is 8.05. The van der Waals surface area contributed by atoms with E-state index >= 15 is 0 Å². The van der Waals surface area contributed by atoms with E-state index in [0.717, 1.165) is 6.07 Å². The highest BCUT2D eigenvalue weighted by Crippen LogP contribution is 2.55. The van der Waals surface area contributed by atoms with Crippen molar-refractivity contribution in [2.24, 2.45) is 4.99 Å². The number of nitrogens with zero attached hydrogens (tertiary/aromatic N) is 1. The number of benzene rings is 1. The van der Waals surface area contributed by atoms with Gasteiger partial charge in [-0.05, 0) is 28.8 Å². The number of halogens is 2. The number of aromatic hydroxyl groups is 1. The van der Waals surface area contributed by atoms with Crippen molar-refractivity contribution >= 4 is 22.0 Å². The molecule has 0 spiro atoms. The lowest BCUT2D eigenvalue weighted by molar-refractivity contribution is 0.366. The molecule has 90 valence electrons. The van der Waals surface area contributed by atoms with Crippen molar-refractivity contribution in [2.45, 2.75) is 18.4 Å². The first-order valence-electron chi connectivity index (χ1n) is 4.90. The molecule has 0 heterocycles. The quantitative estimate of drug-likeness (QED) is 0.690. The standard InChI is InChI=1S/C11H9BrFNO3/c1-17-10-7(16)4-6(13)8(9(10)12)11(2-3-11)14-5-15/h4,16H,2-3H2,1H3. The van der Waals surface area contributed by atoms with Crippen molar-refractivity contribution in [3.63, 3.8) is 0 Å². The number of phenolic OH excluding ortho intramolecular Hbond substituents is 1. The van der Waals surface area contributed by atoms with Gasteiger partial charge in [0.1, 0.15) is 11.4 Å². The van der Waals surface area contributed by atoms with Crippen LogP contribution in [0.5, 0.6) is 11.5 Å². The van der Waals surface area contributed by atoms with E-state index in [2.05, 4.69) is 20.9 Å². The molecule has 1 aromatic rings. The van der Waals surface area contributed by atoms with E-state index in [4.69, 9.17) is 4.74 Å². The molecule has 17 heavy (non-hydrogen) atoms. The minimum absolute atomic E-state index is 0.133. The summed E-state index contributed by atoms with van der Waals surface area (Å²) >= 11 is 3.17. The van der Waals surface area contributed by atoms with E-state index in [1.165, 1.54) is 13.2 Å². The van der Waals surface area contributed by atoms with Crippen molar-refractivity contribution in [3.8, 4) is 11.5 Å². The Balaban J connectivity index is 2.66. The fourth-order valence-corrected chi connectivity index (χ4v) is 2.76. The monoisotopic (exact) mass is 301 g/mol. The number of hydrogen-bond donors (Lipinski definition) is 1. The van der Waals surface area contributed by atoms with Gasteiger partial charge in [0.2, 0.25) is 6.08 Å². The maximum Gasteiger partial charge on any atom is 0.235 e. The summed E-state index contributed by atoms with van der Waals surface area (Å²) in [5.41, 5.74) is -0.624. The summed E-state index contributed by atoms with van der Waals surface area (Å²) in [5.74, 6) is -0.785. The number of ether oxygens (including phenoxy) is 1. The Morgan fingerprint density at radius 1 is 1.65 bits per heavy atom. The van der Waals surface area contributed by atoms with Gasteiger partial charge in [0.15, 0.2) is 11.5 Å². The largest absolute Gasteiger partial charge is 0.504 e. The summed E-state index contributed by atoms with van der Waals surface area (Å²) in [6, 6.07) is 0.958. The van der Waals surface area contributed by atoms with Gasteiger partial charge in [-0.15, -0.1) is 0 Å². The molecule has 4 nitrogen and oxygen atoms in total. The lowest BCUT2D eigenvalue weighted by Gasteiger charge is -2.15. The van der Waals surface area contributed by atoms with Crippen molar-refractivity contribution in [2.75, 3.05) is 7.11 Å². The number of aliphatic imine (C=N–C) groups is 1. The SMILES string of the molecule is COc1c(O)cc(F)c(C2(N=C=O)CC2)c1Br. The van der Waals surface area contributed by atoms with Crippen LogP contribution in [0.3, 0.4) is 0 Å². The molecular weight excluding hydrogens is 293 g/mol. The molecule has 0 amide bonds. The Bertz CT molecular complexity index is 522. The maximum absolute atomic E-state index is 13.9. The first kappa shape index (κ1) is 12.1. The maximum atomic E-state index is 13.9. The normalized spacial score (nSPS) is 16.2. The number of phenols is 1. The lowest BCUT2D eigenvalue weighted by atomic mass is 10.0. The van der Waals surface area contributed by atoms with Crippen molar-refractivity contribution < 1.29 is 19.0 Å². The van der Waals surface area contributed by atoms with Crippen LogP contribution < -0.4 is 4.74 Å². The molecule has 6 heteroatoms. The van der Waals surface area contributed by atoms with Gasteiger partial charge in [0.25, 0.3) is 0 Å². The van der Waals surface area contributed by atoms with Gasteiger partial charge < -0.3 is 9.84 Å². The molecule has 1 saturated carbocycles. The van der Waals surface area contributed by atoms with E-state index in [9.17, 15) is 14.3 Å². The molecule has 0 unspecified atom stereocenters. The average Bonchev–Trinajstić information content (AvgIpc) is 2.98. The summed E-state index contributed by atoms with van der Waals surface area (Å²) in [6.07, 6.45) is 2.61. The van der Waals surface area contributed by atoms with E-state index in [1.807, 2.05) is 0 Å². The summed E-state index contributed by atoms with van der Waals surface area (Å²) in [4.78, 5) is 14.0. The Hall–Kier alpha value is -1.39. The number of hydrogen-bond acceptors (Lipinski definition) is 4. The van der Waals surface area contributed by atoms with Crippen molar-refractivity contribution in [1.29, 1.82) is 0 Å². The number of rotatable bonds is 3. The molecule has 0 atom stereocenters. The molecular formula is C11H9BrFNO3. The summed E-state index contributed by atoms with van der Waals surface area (Å²) in [7, 11) is 1.37. The molecule has 0 radical (unpaired) electrons. The molecule has 1 fully saturated rings. The van der Waals surface area contributed by atoms with E-state index in [1.54, 1.807) is 0 Å². The number of methoxy groups -OCH3 is 1. The minimum Gasteiger partial charge on any atom is -0.504 e. The van der Waals surface area contributed by atoms with Gasteiger partial charge in [0.05, 0.1) is 11.6 Å². The van der Waals surface area contributed by atoms with Gasteiger partial charge in [-0.1, -0.05) is 0 Å². The molecule has 1 aromatic carbocycles. The van der Waals surface area contributed by atoms with Gasteiger partial charge in [0, 0.05) is 11.6 Å². The number of isocyanates is 1. The Morgan fingerprint density at radius 2 is 2.29 bits per heavy atom. The third-order valence-corrected chi connectivity index (χ3v) is 3.56. The summed E-state index contributed by atoms with van der Waals surface area (Å²) in [5, 5.41) is 9.51. The zero-order valence-corrected chi connectivity index (χ0v) is 10.5. The third kappa shape index (κ3) is 1.83. The number of carbonyl (C=O) groups excluding carboxylic acids is 1. The van der Waals surface area contributed by atoms with Crippen LogP contribution in [0.1, 0.15) is 18.4 Å². The zero-order chi connectivity index (χ0) is 12.6. The van der Waals surface area contributed by atoms with Crippen LogP contribution in [-0.4, -0.2) is 18.3 Å². The van der Waals surface area contributed by atoms with Crippen molar-refractivity contribution in [1.82, 2.24) is 0 Å². The first-order valence-corrected chi connectivity index (χ1v) is 5.69. The molecule has 1 aliphatic rings. The molecule has 2 rings (SSSR count). The highest BCUT2D eigenvalue weighted by molar-refractivity contribution is 9.10. The second kappa shape index (κ2) is 4.13. The van der Waals surface area contributed by atoms with Gasteiger partial charge in [-0.3, -0.25) is 0 Å². The van der Waals surface area contributed by atoms with Crippen LogP contribution >= 0.6 is 15.9 Å². The van der Waals surface area contributed by atoms with Crippen molar-refractivity contribution in [3.05, 3.63) is 21.9 Å². The van der Waals surface area contributed by atoms with Crippen LogP contribution in [-0.2, 0) is 10.3 Å². The smallest absolute Gasteiger partial charge is 0.235 e. The van der Waals surface area contributed by atoms with Crippen LogP contribution in [0, 0.1) is 5.82 Å². The third-order valence-electron chi connectivity index (χ3n) is 2.81. The Labute approximate surface area is 105 Å². The molecule has 0 aromatic heterocycles. The minimum atomic E-state index is -0.856. The summed E-state index contributed by atoms with van der Waals surface area (Å²) in [6.45, 7) is 0. The van der Waals surface area contributed by atoms with Gasteiger partial charge in [-0.2, -0.15) is 4.99 Å².